The van der Waals surface area contributed by atoms with Gasteiger partial charge in [-0.25, -0.2) is 0 Å². The number of benzene rings is 1. The molecule has 8 heteroatoms. The van der Waals surface area contributed by atoms with Gasteiger partial charge in [0.05, 0.1) is 7.11 Å². The maximum atomic E-state index is 13.0. The number of halogens is 3. The number of hydrogen-bond donors (Lipinski definition) is 1. The van der Waals surface area contributed by atoms with Crippen molar-refractivity contribution >= 4 is 11.6 Å². The van der Waals surface area contributed by atoms with E-state index in [0.29, 0.717) is 5.75 Å². The lowest BCUT2D eigenvalue weighted by Gasteiger charge is -2.32. The first-order valence-electron chi connectivity index (χ1n) is 6.01. The first-order valence-corrected chi connectivity index (χ1v) is 6.01. The van der Waals surface area contributed by atoms with E-state index < -0.39 is 24.2 Å². The summed E-state index contributed by atoms with van der Waals surface area (Å²) >= 11 is 0. The predicted octanol–water partition coefficient (Wildman–Crippen LogP) is 2.17. The van der Waals surface area contributed by atoms with Gasteiger partial charge in [-0.2, -0.15) is 23.3 Å². The van der Waals surface area contributed by atoms with Crippen LogP contribution >= 0.6 is 0 Å². The molecule has 0 bridgehead atoms. The molecule has 1 aliphatic heterocycles. The minimum atomic E-state index is -5.01. The summed E-state index contributed by atoms with van der Waals surface area (Å²) in [5, 5.41) is 13.5. The Balaban J connectivity index is 2.40. The second-order valence-corrected chi connectivity index (χ2v) is 4.68. The molecule has 0 spiro atoms. The number of hydrazone groups is 1. The molecule has 114 valence electrons. The van der Waals surface area contributed by atoms with E-state index >= 15 is 0 Å². The van der Waals surface area contributed by atoms with Gasteiger partial charge in [-0.15, -0.1) is 0 Å². The van der Waals surface area contributed by atoms with Crippen molar-refractivity contribution in [2.75, 3.05) is 7.11 Å². The topological polar surface area (TPSA) is 62.1 Å². The van der Waals surface area contributed by atoms with Crippen LogP contribution in [0.3, 0.4) is 0 Å². The number of carbonyl (C=O) groups is 1. The van der Waals surface area contributed by atoms with Crippen LogP contribution in [0.4, 0.5) is 13.2 Å². The molecular formula is C13H13F3N2O3. The molecule has 5 nitrogen and oxygen atoms in total. The number of rotatable bonds is 2. The van der Waals surface area contributed by atoms with Crippen LogP contribution in [0.15, 0.2) is 29.4 Å². The largest absolute Gasteiger partial charge is 0.497 e. The number of alkyl halides is 3. The van der Waals surface area contributed by atoms with Crippen LogP contribution in [0.5, 0.6) is 5.75 Å². The highest BCUT2D eigenvalue weighted by Crippen LogP contribution is 2.40. The zero-order chi connectivity index (χ0) is 15.8. The summed E-state index contributed by atoms with van der Waals surface area (Å²) < 4.78 is 44.1. The van der Waals surface area contributed by atoms with Gasteiger partial charge < -0.3 is 9.84 Å². The quantitative estimate of drug-likeness (QED) is 0.910. The van der Waals surface area contributed by atoms with Crippen molar-refractivity contribution in [2.24, 2.45) is 5.10 Å². The molecule has 1 aromatic carbocycles. The Bertz CT molecular complexity index is 601. The molecule has 0 saturated carbocycles. The molecule has 1 atom stereocenters. The Morgan fingerprint density at radius 1 is 1.48 bits per heavy atom. The zero-order valence-electron chi connectivity index (χ0n) is 11.3. The number of carbonyl (C=O) groups excluding carboxylic acids is 1. The minimum absolute atomic E-state index is 0.0195. The Labute approximate surface area is 118 Å². The SMILES string of the molecule is COc1cccc(C(=O)N2N=C(C)C[C@]2(O)C(F)(F)F)c1. The van der Waals surface area contributed by atoms with Crippen LogP contribution < -0.4 is 4.74 Å². The maximum Gasteiger partial charge on any atom is 0.438 e. The number of ether oxygens (including phenoxy) is 1. The lowest BCUT2D eigenvalue weighted by Crippen LogP contribution is -2.56. The monoisotopic (exact) mass is 302 g/mol. The fourth-order valence-electron chi connectivity index (χ4n) is 2.03. The van der Waals surface area contributed by atoms with E-state index in [9.17, 15) is 23.1 Å². The summed E-state index contributed by atoms with van der Waals surface area (Å²) in [6.45, 7) is 1.32. The maximum absolute atomic E-state index is 13.0. The van der Waals surface area contributed by atoms with Crippen molar-refractivity contribution in [1.29, 1.82) is 0 Å². The van der Waals surface area contributed by atoms with E-state index in [1.165, 1.54) is 32.2 Å². The molecule has 0 unspecified atom stereocenters. The Kier molecular flexibility index (Phi) is 3.66. The normalized spacial score (nSPS) is 22.2. The Morgan fingerprint density at radius 3 is 2.71 bits per heavy atom. The lowest BCUT2D eigenvalue weighted by molar-refractivity contribution is -0.297. The fourth-order valence-corrected chi connectivity index (χ4v) is 2.03. The molecule has 0 aliphatic carbocycles. The zero-order valence-corrected chi connectivity index (χ0v) is 11.3. The third kappa shape index (κ3) is 2.58. The highest BCUT2D eigenvalue weighted by molar-refractivity contribution is 5.98. The van der Waals surface area contributed by atoms with E-state index in [4.69, 9.17) is 4.74 Å². The van der Waals surface area contributed by atoms with Gasteiger partial charge >= 0.3 is 6.18 Å². The van der Waals surface area contributed by atoms with Gasteiger partial charge in [-0.1, -0.05) is 6.07 Å². The molecular weight excluding hydrogens is 289 g/mol. The third-order valence-electron chi connectivity index (χ3n) is 3.09. The summed E-state index contributed by atoms with van der Waals surface area (Å²) in [6.07, 6.45) is -5.78. The Hall–Kier alpha value is -2.09. The van der Waals surface area contributed by atoms with Gasteiger partial charge in [-0.05, 0) is 25.1 Å². The van der Waals surface area contributed by atoms with Crippen molar-refractivity contribution in [2.45, 2.75) is 25.2 Å². The molecule has 2 rings (SSSR count). The molecule has 0 aromatic heterocycles. The van der Waals surface area contributed by atoms with Crippen molar-refractivity contribution in [1.82, 2.24) is 5.01 Å². The lowest BCUT2D eigenvalue weighted by atomic mass is 10.1. The summed E-state index contributed by atoms with van der Waals surface area (Å²) in [5.74, 6) is -0.734. The van der Waals surface area contributed by atoms with Gasteiger partial charge in [0.1, 0.15) is 5.75 Å². The van der Waals surface area contributed by atoms with Crippen LogP contribution in [0.25, 0.3) is 0 Å². The number of aliphatic hydroxyl groups is 1. The smallest absolute Gasteiger partial charge is 0.438 e. The second-order valence-electron chi connectivity index (χ2n) is 4.68. The van der Waals surface area contributed by atoms with E-state index in [0.717, 1.165) is 0 Å². The predicted molar refractivity (Wildman–Crippen MR) is 67.9 cm³/mol. The number of hydrogen-bond acceptors (Lipinski definition) is 4. The molecule has 0 saturated heterocycles. The molecule has 21 heavy (non-hydrogen) atoms. The van der Waals surface area contributed by atoms with Crippen LogP contribution in [-0.4, -0.2) is 40.7 Å². The second kappa shape index (κ2) is 5.03. The number of nitrogens with zero attached hydrogens (tertiary/aromatic N) is 2. The highest BCUT2D eigenvalue weighted by atomic mass is 19.4. The van der Waals surface area contributed by atoms with Crippen molar-refractivity contribution in [3.05, 3.63) is 29.8 Å². The van der Waals surface area contributed by atoms with E-state index in [2.05, 4.69) is 5.10 Å². The molecule has 0 radical (unpaired) electrons. The number of amides is 1. The first kappa shape index (κ1) is 15.3. The van der Waals surface area contributed by atoms with Gasteiger partial charge in [0.15, 0.2) is 0 Å². The third-order valence-corrected chi connectivity index (χ3v) is 3.09. The molecule has 1 N–H and O–H groups in total. The molecule has 1 heterocycles. The van der Waals surface area contributed by atoms with Gasteiger partial charge in [0.2, 0.25) is 0 Å². The average molecular weight is 302 g/mol. The van der Waals surface area contributed by atoms with Crippen LogP contribution in [-0.2, 0) is 0 Å². The van der Waals surface area contributed by atoms with Gasteiger partial charge in [0, 0.05) is 17.7 Å². The molecule has 0 fully saturated rings. The summed E-state index contributed by atoms with van der Waals surface area (Å²) in [6, 6.07) is 5.61. The number of methoxy groups -OCH3 is 1. The van der Waals surface area contributed by atoms with Crippen molar-refractivity contribution < 1.29 is 27.8 Å². The van der Waals surface area contributed by atoms with Gasteiger partial charge in [-0.3, -0.25) is 4.79 Å². The fraction of sp³-hybridized carbons (Fsp3) is 0.385. The van der Waals surface area contributed by atoms with Gasteiger partial charge in [0.25, 0.3) is 11.6 Å². The summed E-state index contributed by atoms with van der Waals surface area (Å²) in [7, 11) is 1.37. The molecule has 1 aromatic rings. The molecule has 1 aliphatic rings. The van der Waals surface area contributed by atoms with Crippen molar-refractivity contribution in [3.63, 3.8) is 0 Å². The highest BCUT2D eigenvalue weighted by Gasteiger charge is 2.62. The van der Waals surface area contributed by atoms with Crippen LogP contribution in [0.2, 0.25) is 0 Å². The van der Waals surface area contributed by atoms with E-state index in [1.807, 2.05) is 0 Å². The Morgan fingerprint density at radius 2 is 2.14 bits per heavy atom. The standard InChI is InChI=1S/C13H13F3N2O3/c1-8-7-12(20,13(14,15)16)18(17-8)11(19)9-4-3-5-10(6-9)21-2/h3-6,20H,7H2,1-2H3/t12-/m0/s1. The minimum Gasteiger partial charge on any atom is -0.497 e. The average Bonchev–Trinajstić information content (AvgIpc) is 2.74. The van der Waals surface area contributed by atoms with Crippen molar-refractivity contribution in [3.8, 4) is 5.75 Å². The summed E-state index contributed by atoms with van der Waals surface area (Å²) in [5.41, 5.74) is -3.36. The van der Waals surface area contributed by atoms with E-state index in [-0.39, 0.29) is 16.3 Å². The molecule has 1 amide bonds. The van der Waals surface area contributed by atoms with E-state index in [1.54, 1.807) is 6.07 Å². The van der Waals surface area contributed by atoms with Crippen LogP contribution in [0, 0.1) is 0 Å². The summed E-state index contributed by atoms with van der Waals surface area (Å²) in [4.78, 5) is 12.2. The van der Waals surface area contributed by atoms with Crippen LogP contribution in [0.1, 0.15) is 23.7 Å². The first-order chi connectivity index (χ1) is 9.69.